The zero-order chi connectivity index (χ0) is 19.4. The Labute approximate surface area is 168 Å². The highest BCUT2D eigenvalue weighted by Crippen LogP contribution is 2.32. The van der Waals surface area contributed by atoms with E-state index in [2.05, 4.69) is 4.98 Å². The van der Waals surface area contributed by atoms with Gasteiger partial charge in [-0.15, -0.1) is 0 Å². The number of piperidine rings is 1. The maximum atomic E-state index is 12.9. The largest absolute Gasteiger partial charge is 0.484 e. The molecule has 0 aliphatic carbocycles. The Kier molecular flexibility index (Phi) is 6.58. The first-order chi connectivity index (χ1) is 13.0. The van der Waals surface area contributed by atoms with Crippen molar-refractivity contribution in [3.8, 4) is 5.75 Å². The van der Waals surface area contributed by atoms with Crippen LogP contribution in [-0.4, -0.2) is 40.1 Å². The minimum Gasteiger partial charge on any atom is -0.484 e. The summed E-state index contributed by atoms with van der Waals surface area (Å²) in [6.45, 7) is 2.82. The molecule has 1 amide bonds. The predicted molar refractivity (Wildman–Crippen MR) is 105 cm³/mol. The summed E-state index contributed by atoms with van der Waals surface area (Å²) in [6.07, 6.45) is 1.81. The molecule has 2 aromatic rings. The van der Waals surface area contributed by atoms with E-state index >= 15 is 0 Å². The number of rotatable bonds is 5. The number of pyridine rings is 1. The van der Waals surface area contributed by atoms with E-state index in [4.69, 9.17) is 27.9 Å². The van der Waals surface area contributed by atoms with Crippen molar-refractivity contribution >= 4 is 29.1 Å². The highest BCUT2D eigenvalue weighted by molar-refractivity contribution is 6.37. The van der Waals surface area contributed by atoms with Crippen LogP contribution in [0.2, 0.25) is 10.0 Å². The average Bonchev–Trinajstić information content (AvgIpc) is 2.68. The second-order valence-corrected chi connectivity index (χ2v) is 7.60. The number of nitrogens with zero attached hydrogens (tertiary/aromatic N) is 2. The van der Waals surface area contributed by atoms with Crippen LogP contribution in [0.5, 0.6) is 5.75 Å². The lowest BCUT2D eigenvalue weighted by molar-refractivity contribution is 0.0483. The molecule has 3 rings (SSSR count). The number of aliphatic hydroxyl groups excluding tert-OH is 1. The van der Waals surface area contributed by atoms with Gasteiger partial charge in [0, 0.05) is 19.2 Å². The number of benzene rings is 1. The summed E-state index contributed by atoms with van der Waals surface area (Å²) in [5, 5.41) is 10.3. The maximum absolute atomic E-state index is 12.9. The minimum absolute atomic E-state index is 0.0937. The molecule has 0 bridgehead atoms. The second-order valence-electron chi connectivity index (χ2n) is 6.79. The van der Waals surface area contributed by atoms with Gasteiger partial charge in [-0.1, -0.05) is 35.3 Å². The molecule has 5 nitrogen and oxygen atoms in total. The van der Waals surface area contributed by atoms with Crippen LogP contribution in [0.3, 0.4) is 0 Å². The smallest absolute Gasteiger partial charge is 0.272 e. The molecule has 27 heavy (non-hydrogen) atoms. The minimum atomic E-state index is -0.127. The van der Waals surface area contributed by atoms with Gasteiger partial charge in [-0.05, 0) is 49.9 Å². The first-order valence-corrected chi connectivity index (χ1v) is 9.69. The van der Waals surface area contributed by atoms with Gasteiger partial charge in [0.1, 0.15) is 12.3 Å². The highest BCUT2D eigenvalue weighted by Gasteiger charge is 2.29. The van der Waals surface area contributed by atoms with Crippen molar-refractivity contribution in [2.45, 2.75) is 32.4 Å². The Morgan fingerprint density at radius 3 is 2.63 bits per heavy atom. The molecule has 1 aliphatic rings. The van der Waals surface area contributed by atoms with Crippen LogP contribution in [-0.2, 0) is 6.61 Å². The van der Waals surface area contributed by atoms with E-state index in [1.807, 2.05) is 6.92 Å². The molecule has 2 atom stereocenters. The monoisotopic (exact) mass is 408 g/mol. The summed E-state index contributed by atoms with van der Waals surface area (Å²) >= 11 is 12.2. The summed E-state index contributed by atoms with van der Waals surface area (Å²) in [5.74, 6) is 0.395. The summed E-state index contributed by atoms with van der Waals surface area (Å²) in [5.41, 5.74) is 0.979. The molecule has 1 aromatic heterocycles. The Morgan fingerprint density at radius 1 is 1.22 bits per heavy atom. The van der Waals surface area contributed by atoms with Gasteiger partial charge in [0.05, 0.1) is 15.7 Å². The van der Waals surface area contributed by atoms with Crippen LogP contribution in [0.25, 0.3) is 0 Å². The van der Waals surface area contributed by atoms with Crippen molar-refractivity contribution in [2.24, 2.45) is 5.92 Å². The number of para-hydroxylation sites is 1. The Morgan fingerprint density at radius 2 is 1.93 bits per heavy atom. The second kappa shape index (κ2) is 8.91. The molecule has 1 aliphatic heterocycles. The van der Waals surface area contributed by atoms with Crippen molar-refractivity contribution in [2.75, 3.05) is 13.2 Å². The van der Waals surface area contributed by atoms with E-state index in [-0.39, 0.29) is 31.1 Å². The van der Waals surface area contributed by atoms with E-state index in [9.17, 15) is 9.90 Å². The zero-order valence-electron chi connectivity index (χ0n) is 15.1. The maximum Gasteiger partial charge on any atom is 0.272 e. The fraction of sp³-hybridized carbons (Fsp3) is 0.400. The van der Waals surface area contributed by atoms with Crippen LogP contribution in [0.15, 0.2) is 36.4 Å². The number of ether oxygens (including phenoxy) is 1. The number of halogens is 2. The van der Waals surface area contributed by atoms with E-state index in [1.165, 1.54) is 0 Å². The quantitative estimate of drug-likeness (QED) is 0.804. The van der Waals surface area contributed by atoms with Crippen LogP contribution in [0, 0.1) is 5.92 Å². The normalized spacial score (nSPS) is 19.8. The van der Waals surface area contributed by atoms with Crippen LogP contribution in [0.4, 0.5) is 0 Å². The lowest BCUT2D eigenvalue weighted by Gasteiger charge is -2.37. The topological polar surface area (TPSA) is 62.7 Å². The van der Waals surface area contributed by atoms with Gasteiger partial charge in [0.2, 0.25) is 0 Å². The van der Waals surface area contributed by atoms with Crippen molar-refractivity contribution in [1.29, 1.82) is 0 Å². The van der Waals surface area contributed by atoms with E-state index < -0.39 is 0 Å². The molecule has 144 valence electrons. The zero-order valence-corrected chi connectivity index (χ0v) is 16.6. The number of aliphatic hydroxyl groups is 1. The van der Waals surface area contributed by atoms with Crippen LogP contribution < -0.4 is 4.74 Å². The third kappa shape index (κ3) is 4.72. The average molecular weight is 409 g/mol. The fourth-order valence-electron chi connectivity index (χ4n) is 3.21. The fourth-order valence-corrected chi connectivity index (χ4v) is 3.71. The molecule has 2 heterocycles. The van der Waals surface area contributed by atoms with Crippen molar-refractivity contribution in [3.05, 3.63) is 57.8 Å². The Bertz CT molecular complexity index is 795. The van der Waals surface area contributed by atoms with Gasteiger partial charge in [-0.25, -0.2) is 4.98 Å². The summed E-state index contributed by atoms with van der Waals surface area (Å²) in [7, 11) is 0. The Balaban J connectivity index is 1.72. The molecule has 1 fully saturated rings. The van der Waals surface area contributed by atoms with Crippen molar-refractivity contribution in [1.82, 2.24) is 9.88 Å². The Hall–Kier alpha value is -1.82. The lowest BCUT2D eigenvalue weighted by Crippen LogP contribution is -2.46. The molecule has 0 spiro atoms. The van der Waals surface area contributed by atoms with E-state index in [0.29, 0.717) is 33.7 Å². The first-order valence-electron chi connectivity index (χ1n) is 8.94. The molecule has 7 heteroatoms. The van der Waals surface area contributed by atoms with Crippen molar-refractivity contribution < 1.29 is 14.6 Å². The van der Waals surface area contributed by atoms with Gasteiger partial charge >= 0.3 is 0 Å². The molecule has 1 N–H and O–H groups in total. The van der Waals surface area contributed by atoms with Crippen LogP contribution >= 0.6 is 23.2 Å². The van der Waals surface area contributed by atoms with Crippen molar-refractivity contribution in [3.63, 3.8) is 0 Å². The van der Waals surface area contributed by atoms with E-state index in [1.54, 1.807) is 41.3 Å². The molecular weight excluding hydrogens is 387 g/mol. The highest BCUT2D eigenvalue weighted by atomic mass is 35.5. The third-order valence-electron chi connectivity index (χ3n) is 4.81. The van der Waals surface area contributed by atoms with Crippen LogP contribution in [0.1, 0.15) is 35.9 Å². The number of hydrogen-bond acceptors (Lipinski definition) is 4. The number of carbonyl (C=O) groups excluding carboxylic acids is 1. The van der Waals surface area contributed by atoms with Gasteiger partial charge in [0.25, 0.3) is 5.91 Å². The summed E-state index contributed by atoms with van der Waals surface area (Å²) in [6, 6.07) is 10.5. The SMILES string of the molecule is CC1CCC(CO)CN1C(=O)c1cccc(COc2c(Cl)cccc2Cl)n1. The lowest BCUT2D eigenvalue weighted by atomic mass is 9.94. The van der Waals surface area contributed by atoms with Gasteiger partial charge in [-0.2, -0.15) is 0 Å². The molecule has 1 saturated heterocycles. The predicted octanol–water partition coefficient (Wildman–Crippen LogP) is 4.20. The van der Waals surface area contributed by atoms with Gasteiger partial charge < -0.3 is 14.7 Å². The summed E-state index contributed by atoms with van der Waals surface area (Å²) < 4.78 is 5.71. The number of carbonyl (C=O) groups is 1. The van der Waals surface area contributed by atoms with Gasteiger partial charge in [0.15, 0.2) is 5.75 Å². The number of hydrogen-bond donors (Lipinski definition) is 1. The summed E-state index contributed by atoms with van der Waals surface area (Å²) in [4.78, 5) is 19.1. The first kappa shape index (κ1) is 19.9. The molecule has 2 unspecified atom stereocenters. The molecule has 1 aromatic carbocycles. The number of amides is 1. The van der Waals surface area contributed by atoms with Gasteiger partial charge in [-0.3, -0.25) is 4.79 Å². The number of likely N-dealkylation sites (tertiary alicyclic amines) is 1. The van der Waals surface area contributed by atoms with E-state index in [0.717, 1.165) is 12.8 Å². The molecule has 0 radical (unpaired) electrons. The number of aromatic nitrogens is 1. The molecule has 0 saturated carbocycles. The molecular formula is C20H22Cl2N2O3. The third-order valence-corrected chi connectivity index (χ3v) is 5.40. The standard InChI is InChI=1S/C20H22Cl2N2O3/c1-13-8-9-14(11-25)10-24(13)20(26)18-7-2-4-15(23-18)12-27-19-16(21)5-3-6-17(19)22/h2-7,13-14,25H,8-12H2,1H3.